The van der Waals surface area contributed by atoms with Gasteiger partial charge < -0.3 is 10.5 Å². The first-order valence-electron chi connectivity index (χ1n) is 3.47. The van der Waals surface area contributed by atoms with Crippen LogP contribution in [0.5, 0.6) is 0 Å². The Kier molecular flexibility index (Phi) is 19.9. The predicted molar refractivity (Wildman–Crippen MR) is 40.3 cm³/mol. The molecular formula is C7H17NO. The molecule has 0 rings (SSSR count). The second kappa shape index (κ2) is 15.6. The van der Waals surface area contributed by atoms with E-state index < -0.39 is 0 Å². The van der Waals surface area contributed by atoms with Gasteiger partial charge in [0.2, 0.25) is 0 Å². The number of carbonyl (C=O) groups is 1. The summed E-state index contributed by atoms with van der Waals surface area (Å²) < 4.78 is 0. The molecule has 56 valence electrons. The van der Waals surface area contributed by atoms with Crippen LogP contribution in [0, 0.1) is 0 Å². The lowest BCUT2D eigenvalue weighted by atomic mass is 10.4. The third-order valence-electron chi connectivity index (χ3n) is 0.695. The third-order valence-corrected chi connectivity index (χ3v) is 0.695. The van der Waals surface area contributed by atoms with Crippen molar-refractivity contribution in [2.24, 2.45) is 5.73 Å². The van der Waals surface area contributed by atoms with E-state index in [1.807, 2.05) is 6.92 Å². The molecule has 0 atom stereocenters. The first kappa shape index (κ1) is 11.4. The molecule has 0 fully saturated rings. The van der Waals surface area contributed by atoms with Crippen LogP contribution in [-0.4, -0.2) is 12.8 Å². The summed E-state index contributed by atoms with van der Waals surface area (Å²) in [5.41, 5.74) is 5.03. The second-order valence-corrected chi connectivity index (χ2v) is 1.74. The molecule has 0 saturated carbocycles. The molecule has 0 heterocycles. The van der Waals surface area contributed by atoms with Crippen LogP contribution < -0.4 is 5.73 Å². The van der Waals surface area contributed by atoms with Crippen molar-refractivity contribution in [1.82, 2.24) is 0 Å². The molecule has 0 radical (unpaired) electrons. The predicted octanol–water partition coefficient (Wildman–Crippen LogP) is 1.34. The van der Waals surface area contributed by atoms with E-state index in [0.717, 1.165) is 25.7 Å². The molecule has 0 unspecified atom stereocenters. The zero-order chi connectivity index (χ0) is 7.54. The van der Waals surface area contributed by atoms with Crippen molar-refractivity contribution in [2.75, 3.05) is 6.54 Å². The molecule has 0 aliphatic heterocycles. The maximum absolute atomic E-state index is 9.40. The molecule has 0 aromatic rings. The van der Waals surface area contributed by atoms with E-state index in [1.165, 1.54) is 0 Å². The fraction of sp³-hybridized carbons (Fsp3) is 0.857. The van der Waals surface area contributed by atoms with E-state index in [2.05, 4.69) is 6.92 Å². The summed E-state index contributed by atoms with van der Waals surface area (Å²) in [6.45, 7) is 4.86. The van der Waals surface area contributed by atoms with Gasteiger partial charge in [-0.1, -0.05) is 13.8 Å². The Morgan fingerprint density at radius 2 is 1.78 bits per heavy atom. The molecule has 0 amide bonds. The molecule has 0 aliphatic rings. The number of aldehydes is 1. The van der Waals surface area contributed by atoms with Crippen LogP contribution in [0.15, 0.2) is 0 Å². The lowest BCUT2D eigenvalue weighted by molar-refractivity contribution is -0.107. The van der Waals surface area contributed by atoms with E-state index in [4.69, 9.17) is 5.73 Å². The van der Waals surface area contributed by atoms with Gasteiger partial charge in [0.15, 0.2) is 0 Å². The molecule has 0 saturated heterocycles. The molecule has 9 heavy (non-hydrogen) atoms. The van der Waals surface area contributed by atoms with Gasteiger partial charge in [-0.05, 0) is 19.4 Å². The molecule has 0 spiro atoms. The minimum absolute atomic E-state index is 0.708. The Morgan fingerprint density at radius 1 is 1.33 bits per heavy atom. The van der Waals surface area contributed by atoms with Gasteiger partial charge in [0.05, 0.1) is 0 Å². The number of nitrogens with two attached hydrogens (primary N) is 1. The summed E-state index contributed by atoms with van der Waals surface area (Å²) in [7, 11) is 0. The number of rotatable bonds is 3. The topological polar surface area (TPSA) is 43.1 Å². The van der Waals surface area contributed by atoms with Crippen molar-refractivity contribution in [3.05, 3.63) is 0 Å². The van der Waals surface area contributed by atoms with E-state index in [0.29, 0.717) is 6.42 Å². The van der Waals surface area contributed by atoms with Crippen LogP contribution >= 0.6 is 0 Å². The van der Waals surface area contributed by atoms with Gasteiger partial charge in [0.25, 0.3) is 0 Å². The normalized spacial score (nSPS) is 7.44. The minimum Gasteiger partial charge on any atom is -0.330 e. The first-order chi connectivity index (χ1) is 4.33. The maximum atomic E-state index is 9.40. The van der Waals surface area contributed by atoms with Gasteiger partial charge in [-0.2, -0.15) is 0 Å². The molecule has 2 heteroatoms. The zero-order valence-electron chi connectivity index (χ0n) is 6.39. The van der Waals surface area contributed by atoms with Crippen molar-refractivity contribution in [3.8, 4) is 0 Å². The lowest BCUT2D eigenvalue weighted by Gasteiger charge is -1.70. The van der Waals surface area contributed by atoms with Crippen LogP contribution in [0.2, 0.25) is 0 Å². The molecule has 2 N–H and O–H groups in total. The Bertz CT molecular complexity index is 44.2. The van der Waals surface area contributed by atoms with E-state index >= 15 is 0 Å². The Labute approximate surface area is 57.4 Å². The standard InChI is InChI=1S/C4H8O.C3H9N/c1-2-3-4-5;1-2-3-4/h4H,2-3H2,1H3;2-4H2,1H3. The quantitative estimate of drug-likeness (QED) is 0.587. The third kappa shape index (κ3) is 35.0. The van der Waals surface area contributed by atoms with Crippen molar-refractivity contribution in [3.63, 3.8) is 0 Å². The number of unbranched alkanes of at least 4 members (excludes halogenated alkanes) is 1. The maximum Gasteiger partial charge on any atom is 0.119 e. The highest BCUT2D eigenvalue weighted by Gasteiger charge is 1.66. The SMILES string of the molecule is CCCC=O.CCCN. The van der Waals surface area contributed by atoms with Gasteiger partial charge in [0.1, 0.15) is 6.29 Å². The summed E-state index contributed by atoms with van der Waals surface area (Å²) >= 11 is 0. The number of hydrogen-bond acceptors (Lipinski definition) is 2. The van der Waals surface area contributed by atoms with Gasteiger partial charge in [-0.25, -0.2) is 0 Å². The second-order valence-electron chi connectivity index (χ2n) is 1.74. The van der Waals surface area contributed by atoms with Crippen molar-refractivity contribution >= 4 is 6.29 Å². The smallest absolute Gasteiger partial charge is 0.119 e. The van der Waals surface area contributed by atoms with Crippen LogP contribution in [0.3, 0.4) is 0 Å². The Morgan fingerprint density at radius 3 is 1.78 bits per heavy atom. The summed E-state index contributed by atoms with van der Waals surface area (Å²) in [6, 6.07) is 0. The minimum atomic E-state index is 0.708. The largest absolute Gasteiger partial charge is 0.330 e. The monoisotopic (exact) mass is 131 g/mol. The van der Waals surface area contributed by atoms with Crippen molar-refractivity contribution in [1.29, 1.82) is 0 Å². The van der Waals surface area contributed by atoms with Crippen molar-refractivity contribution in [2.45, 2.75) is 33.1 Å². The summed E-state index contributed by atoms with van der Waals surface area (Å²) in [6.07, 6.45) is 3.71. The highest BCUT2D eigenvalue weighted by atomic mass is 16.1. The highest BCUT2D eigenvalue weighted by molar-refractivity contribution is 5.48. The van der Waals surface area contributed by atoms with Gasteiger partial charge in [-0.15, -0.1) is 0 Å². The average Bonchev–Trinajstić information content (AvgIpc) is 1.91. The summed E-state index contributed by atoms with van der Waals surface area (Å²) in [4.78, 5) is 9.40. The highest BCUT2D eigenvalue weighted by Crippen LogP contribution is 1.74. The molecule has 0 aromatic heterocycles. The molecule has 0 aliphatic carbocycles. The van der Waals surface area contributed by atoms with E-state index in [1.54, 1.807) is 0 Å². The Hall–Kier alpha value is -0.370. The Balaban J connectivity index is 0. The average molecular weight is 131 g/mol. The van der Waals surface area contributed by atoms with E-state index in [9.17, 15) is 4.79 Å². The lowest BCUT2D eigenvalue weighted by Crippen LogP contribution is -1.93. The van der Waals surface area contributed by atoms with Crippen LogP contribution in [0.1, 0.15) is 33.1 Å². The van der Waals surface area contributed by atoms with Crippen LogP contribution in [0.25, 0.3) is 0 Å². The first-order valence-corrected chi connectivity index (χ1v) is 3.47. The fourth-order valence-electron chi connectivity index (χ4n) is 0.118. The molecule has 0 aromatic carbocycles. The fourth-order valence-corrected chi connectivity index (χ4v) is 0.118. The van der Waals surface area contributed by atoms with E-state index in [-0.39, 0.29) is 0 Å². The van der Waals surface area contributed by atoms with Crippen LogP contribution in [0.4, 0.5) is 0 Å². The summed E-state index contributed by atoms with van der Waals surface area (Å²) in [5, 5.41) is 0. The molecule has 0 bridgehead atoms. The van der Waals surface area contributed by atoms with Gasteiger partial charge in [0, 0.05) is 6.42 Å². The zero-order valence-corrected chi connectivity index (χ0v) is 6.39. The number of hydrogen-bond donors (Lipinski definition) is 1. The van der Waals surface area contributed by atoms with Gasteiger partial charge >= 0.3 is 0 Å². The van der Waals surface area contributed by atoms with Gasteiger partial charge in [-0.3, -0.25) is 0 Å². The molecule has 2 nitrogen and oxygen atoms in total. The van der Waals surface area contributed by atoms with Crippen molar-refractivity contribution < 1.29 is 4.79 Å². The summed E-state index contributed by atoms with van der Waals surface area (Å²) in [5.74, 6) is 0. The van der Waals surface area contributed by atoms with Crippen LogP contribution in [-0.2, 0) is 4.79 Å². The molecular weight excluding hydrogens is 114 g/mol. The number of carbonyl (C=O) groups excluding carboxylic acids is 1.